The molecule has 1 amide bonds. The highest BCUT2D eigenvalue weighted by Gasteiger charge is 2.15. The fourth-order valence-corrected chi connectivity index (χ4v) is 1.50. The number of nitrogens with one attached hydrogen (secondary N) is 1. The molecule has 0 aliphatic carbocycles. The Labute approximate surface area is 117 Å². The van der Waals surface area contributed by atoms with Crippen molar-refractivity contribution < 1.29 is 13.9 Å². The Morgan fingerprint density at radius 2 is 2.11 bits per heavy atom. The van der Waals surface area contributed by atoms with Crippen LogP contribution in [-0.4, -0.2) is 23.0 Å². The molecule has 0 spiro atoms. The molecule has 0 bridgehead atoms. The van der Waals surface area contributed by atoms with Crippen LogP contribution >= 0.6 is 12.2 Å². The summed E-state index contributed by atoms with van der Waals surface area (Å²) in [4.78, 5) is 11.6. The molecule has 3 N–H and O–H groups in total. The second kappa shape index (κ2) is 5.97. The van der Waals surface area contributed by atoms with Crippen molar-refractivity contribution in [3.05, 3.63) is 29.6 Å². The average Bonchev–Trinajstić information content (AvgIpc) is 2.24. The lowest BCUT2D eigenvalue weighted by atomic mass is 10.1. The number of hydrogen-bond acceptors (Lipinski definition) is 3. The van der Waals surface area contributed by atoms with Crippen molar-refractivity contribution in [2.45, 2.75) is 26.3 Å². The van der Waals surface area contributed by atoms with Crippen molar-refractivity contribution in [3.8, 4) is 5.75 Å². The predicted octanol–water partition coefficient (Wildman–Crippen LogP) is 1.75. The molecule has 0 saturated heterocycles. The number of nitrogens with two attached hydrogens (primary N) is 1. The highest BCUT2D eigenvalue weighted by atomic mass is 32.1. The standard InChI is InChI=1S/C13H17FN2O2S/c1-13(2,3)16-11(17)7-18-10-5-4-8(12(15)19)6-9(10)14/h4-6H,7H2,1-3H3,(H2,15,19)(H,16,17). The van der Waals surface area contributed by atoms with E-state index in [0.29, 0.717) is 5.56 Å². The molecular weight excluding hydrogens is 267 g/mol. The van der Waals surface area contributed by atoms with E-state index in [1.54, 1.807) is 6.07 Å². The van der Waals surface area contributed by atoms with Gasteiger partial charge in [0.15, 0.2) is 18.2 Å². The molecule has 6 heteroatoms. The maximum absolute atomic E-state index is 13.6. The second-order valence-electron chi connectivity index (χ2n) is 5.10. The molecule has 0 aliphatic rings. The molecule has 0 saturated carbocycles. The summed E-state index contributed by atoms with van der Waals surface area (Å²) < 4.78 is 18.7. The number of hydrogen-bond donors (Lipinski definition) is 2. The van der Waals surface area contributed by atoms with E-state index in [9.17, 15) is 9.18 Å². The molecule has 0 aromatic heterocycles. The topological polar surface area (TPSA) is 64.3 Å². The molecule has 0 fully saturated rings. The monoisotopic (exact) mass is 284 g/mol. The smallest absolute Gasteiger partial charge is 0.258 e. The summed E-state index contributed by atoms with van der Waals surface area (Å²) in [5.41, 5.74) is 5.45. The van der Waals surface area contributed by atoms with Crippen LogP contribution in [0.25, 0.3) is 0 Å². The lowest BCUT2D eigenvalue weighted by molar-refractivity contribution is -0.124. The predicted molar refractivity (Wildman–Crippen MR) is 75.7 cm³/mol. The first-order valence-electron chi connectivity index (χ1n) is 5.72. The minimum atomic E-state index is -0.603. The number of rotatable bonds is 4. The van der Waals surface area contributed by atoms with Crippen LogP contribution in [0.15, 0.2) is 18.2 Å². The first-order valence-corrected chi connectivity index (χ1v) is 6.13. The van der Waals surface area contributed by atoms with Gasteiger partial charge in [0.05, 0.1) is 0 Å². The summed E-state index contributed by atoms with van der Waals surface area (Å²) in [7, 11) is 0. The Balaban J connectivity index is 2.64. The van der Waals surface area contributed by atoms with E-state index >= 15 is 0 Å². The van der Waals surface area contributed by atoms with E-state index in [1.807, 2.05) is 20.8 Å². The molecule has 1 rings (SSSR count). The molecule has 19 heavy (non-hydrogen) atoms. The molecule has 104 valence electrons. The SMILES string of the molecule is CC(C)(C)NC(=O)COc1ccc(C(N)=S)cc1F. The average molecular weight is 284 g/mol. The fraction of sp³-hybridized carbons (Fsp3) is 0.385. The van der Waals surface area contributed by atoms with Gasteiger partial charge in [-0.3, -0.25) is 4.79 Å². The van der Waals surface area contributed by atoms with Gasteiger partial charge in [-0.05, 0) is 39.0 Å². The van der Waals surface area contributed by atoms with Crippen LogP contribution in [0, 0.1) is 5.82 Å². The number of carbonyl (C=O) groups is 1. The molecule has 4 nitrogen and oxygen atoms in total. The number of benzene rings is 1. The lowest BCUT2D eigenvalue weighted by Gasteiger charge is -2.20. The van der Waals surface area contributed by atoms with E-state index < -0.39 is 5.82 Å². The Bertz CT molecular complexity index is 498. The van der Waals surface area contributed by atoms with Gasteiger partial charge in [-0.1, -0.05) is 12.2 Å². The van der Waals surface area contributed by atoms with Gasteiger partial charge >= 0.3 is 0 Å². The van der Waals surface area contributed by atoms with Crippen LogP contribution in [0.4, 0.5) is 4.39 Å². The van der Waals surface area contributed by atoms with Crippen molar-refractivity contribution in [2.24, 2.45) is 5.73 Å². The minimum Gasteiger partial charge on any atom is -0.481 e. The Morgan fingerprint density at radius 1 is 1.47 bits per heavy atom. The molecule has 0 aliphatic heterocycles. The van der Waals surface area contributed by atoms with E-state index in [4.69, 9.17) is 22.7 Å². The fourth-order valence-electron chi connectivity index (χ4n) is 1.37. The number of thiocarbonyl (C=S) groups is 1. The van der Waals surface area contributed by atoms with Crippen molar-refractivity contribution in [1.82, 2.24) is 5.32 Å². The van der Waals surface area contributed by atoms with E-state index in [2.05, 4.69) is 5.32 Å². The highest BCUT2D eigenvalue weighted by molar-refractivity contribution is 7.80. The van der Waals surface area contributed by atoms with Gasteiger partial charge in [0, 0.05) is 11.1 Å². The van der Waals surface area contributed by atoms with Crippen LogP contribution in [0.2, 0.25) is 0 Å². The molecule has 1 aromatic rings. The van der Waals surface area contributed by atoms with Crippen LogP contribution in [0.5, 0.6) is 5.75 Å². The summed E-state index contributed by atoms with van der Waals surface area (Å²) in [6.07, 6.45) is 0. The van der Waals surface area contributed by atoms with Crippen LogP contribution in [-0.2, 0) is 4.79 Å². The van der Waals surface area contributed by atoms with Gasteiger partial charge in [0.2, 0.25) is 0 Å². The maximum atomic E-state index is 13.6. The zero-order valence-electron chi connectivity index (χ0n) is 11.1. The Hall–Kier alpha value is -1.69. The zero-order valence-corrected chi connectivity index (χ0v) is 11.9. The van der Waals surface area contributed by atoms with E-state index in [0.717, 1.165) is 0 Å². The van der Waals surface area contributed by atoms with Gasteiger partial charge in [0.25, 0.3) is 5.91 Å². The third kappa shape index (κ3) is 5.21. The summed E-state index contributed by atoms with van der Waals surface area (Å²) >= 11 is 4.74. The number of amides is 1. The van der Waals surface area contributed by atoms with Gasteiger partial charge in [-0.15, -0.1) is 0 Å². The number of carbonyl (C=O) groups excluding carboxylic acids is 1. The Kier molecular flexibility index (Phi) is 4.83. The van der Waals surface area contributed by atoms with Gasteiger partial charge in [0.1, 0.15) is 4.99 Å². The summed E-state index contributed by atoms with van der Waals surface area (Å²) in [6, 6.07) is 4.12. The maximum Gasteiger partial charge on any atom is 0.258 e. The second-order valence-corrected chi connectivity index (χ2v) is 5.54. The number of ether oxygens (including phenoxy) is 1. The molecule has 0 atom stereocenters. The first-order chi connectivity index (χ1) is 8.69. The van der Waals surface area contributed by atoms with Gasteiger partial charge < -0.3 is 15.8 Å². The van der Waals surface area contributed by atoms with Crippen molar-refractivity contribution >= 4 is 23.1 Å². The van der Waals surface area contributed by atoms with Gasteiger partial charge in [-0.25, -0.2) is 4.39 Å². The van der Waals surface area contributed by atoms with Crippen molar-refractivity contribution in [2.75, 3.05) is 6.61 Å². The van der Waals surface area contributed by atoms with Crippen molar-refractivity contribution in [1.29, 1.82) is 0 Å². The number of halogens is 1. The largest absolute Gasteiger partial charge is 0.481 e. The third-order valence-electron chi connectivity index (χ3n) is 2.09. The molecule has 1 aromatic carbocycles. The molecule has 0 radical (unpaired) electrons. The third-order valence-corrected chi connectivity index (χ3v) is 2.33. The summed E-state index contributed by atoms with van der Waals surface area (Å²) in [5, 5.41) is 2.71. The summed E-state index contributed by atoms with van der Waals surface area (Å²) in [6.45, 7) is 5.30. The van der Waals surface area contributed by atoms with Crippen molar-refractivity contribution in [3.63, 3.8) is 0 Å². The Morgan fingerprint density at radius 3 is 2.58 bits per heavy atom. The van der Waals surface area contributed by atoms with Crippen LogP contribution < -0.4 is 15.8 Å². The minimum absolute atomic E-state index is 0.0101. The van der Waals surface area contributed by atoms with E-state index in [-0.39, 0.29) is 28.8 Å². The highest BCUT2D eigenvalue weighted by Crippen LogP contribution is 2.18. The van der Waals surface area contributed by atoms with E-state index in [1.165, 1.54) is 12.1 Å². The van der Waals surface area contributed by atoms with Crippen LogP contribution in [0.3, 0.4) is 0 Å². The lowest BCUT2D eigenvalue weighted by Crippen LogP contribution is -2.43. The van der Waals surface area contributed by atoms with Gasteiger partial charge in [-0.2, -0.15) is 0 Å². The quantitative estimate of drug-likeness (QED) is 0.827. The first kappa shape index (κ1) is 15.4. The molecule has 0 heterocycles. The zero-order chi connectivity index (χ0) is 14.6. The van der Waals surface area contributed by atoms with Crippen LogP contribution in [0.1, 0.15) is 26.3 Å². The molecule has 0 unspecified atom stereocenters. The normalized spacial score (nSPS) is 10.9. The molecular formula is C13H17FN2O2S. The summed E-state index contributed by atoms with van der Waals surface area (Å²) in [5.74, 6) is -0.928.